The van der Waals surface area contributed by atoms with Gasteiger partial charge >= 0.3 is 11.9 Å². The third-order valence-electron chi connectivity index (χ3n) is 13.8. The molecule has 18 unspecified atom stereocenters. The van der Waals surface area contributed by atoms with E-state index < -0.39 is 23.8 Å². The fourth-order valence-electron chi connectivity index (χ4n) is 12.2. The maximum atomic E-state index is 13.4. The third-order valence-corrected chi connectivity index (χ3v) is 13.8. The van der Waals surface area contributed by atoms with E-state index in [1.807, 2.05) is 0 Å². The van der Waals surface area contributed by atoms with E-state index in [0.29, 0.717) is 60.1 Å². The molecule has 3 aliphatic heterocycles. The molecule has 0 amide bonds. The molecule has 11 rings (SSSR count). The molecule has 236 valence electrons. The zero-order valence-corrected chi connectivity index (χ0v) is 24.1. The largest absolute Gasteiger partial charge is 0.483 e. The second-order valence-electron chi connectivity index (χ2n) is 15.3. The van der Waals surface area contributed by atoms with Gasteiger partial charge in [-0.1, -0.05) is 10.9 Å². The molecular weight excluding hydrogens is 574 g/mol. The van der Waals surface area contributed by atoms with Gasteiger partial charge < -0.3 is 23.9 Å². The second kappa shape index (κ2) is 8.72. The lowest BCUT2D eigenvalue weighted by Crippen LogP contribution is -2.49. The van der Waals surface area contributed by atoms with Crippen molar-refractivity contribution in [3.05, 3.63) is 11.8 Å². The molecule has 14 heteroatoms. The molecule has 0 aromatic heterocycles. The van der Waals surface area contributed by atoms with E-state index in [2.05, 4.69) is 34.7 Å². The number of epoxide rings is 3. The molecule has 3 heterocycles. The zero-order valence-electron chi connectivity index (χ0n) is 24.1. The summed E-state index contributed by atoms with van der Waals surface area (Å²) in [5.41, 5.74) is 7.46. The highest BCUT2D eigenvalue weighted by atomic mass is 16.9. The van der Waals surface area contributed by atoms with Gasteiger partial charge in [-0.15, -0.1) is 10.7 Å². The van der Waals surface area contributed by atoms with E-state index >= 15 is 0 Å². The topological polar surface area (TPSA) is 160 Å². The molecular formula is C30H37N5O9. The van der Waals surface area contributed by atoms with Crippen molar-refractivity contribution in [3.8, 4) is 0 Å². The van der Waals surface area contributed by atoms with Crippen molar-refractivity contribution in [1.29, 1.82) is 0 Å². The van der Waals surface area contributed by atoms with Crippen LogP contribution in [0.25, 0.3) is 0 Å². The van der Waals surface area contributed by atoms with Gasteiger partial charge in [0.1, 0.15) is 5.76 Å². The first-order valence-corrected chi connectivity index (χ1v) is 16.5. The molecule has 11 aliphatic rings. The molecule has 8 aliphatic carbocycles. The minimum atomic E-state index is -0.719. The number of nitrogens with one attached hydrogen (secondary N) is 3. The Kier molecular flexibility index (Phi) is 5.12. The lowest BCUT2D eigenvalue weighted by molar-refractivity contribution is -0.299. The van der Waals surface area contributed by atoms with Crippen LogP contribution in [0.2, 0.25) is 0 Å². The van der Waals surface area contributed by atoms with Crippen molar-refractivity contribution in [1.82, 2.24) is 22.0 Å². The Labute approximate surface area is 253 Å². The lowest BCUT2D eigenvalue weighted by atomic mass is 9.78. The third kappa shape index (κ3) is 3.42. The van der Waals surface area contributed by atoms with Gasteiger partial charge in [-0.3, -0.25) is 4.84 Å². The minimum Gasteiger partial charge on any atom is -0.483 e. The Hall–Kier alpha value is -2.33. The van der Waals surface area contributed by atoms with Crippen LogP contribution in [0.15, 0.2) is 16.9 Å². The number of hydrazone groups is 1. The number of fused-ring (bicyclic) bond motifs is 19. The van der Waals surface area contributed by atoms with Gasteiger partial charge in [-0.2, -0.15) is 0 Å². The second-order valence-corrected chi connectivity index (χ2v) is 15.3. The summed E-state index contributed by atoms with van der Waals surface area (Å²) >= 11 is 0. The standard InChI is InChI=1S/C30H37N5O9/c1-31-35(43-17-5-11-4-14(17)20-12(11)7-18-26(20)38-18)34-42-29(37)22-16-6-15(24-25(16)40-24)21(22)28(36)41-32-33-44-30-3-2-10(9-30)13-8-19-27(39-19)23(13)30/h7,10-17,19-27,32-34H,1-6,8-9H2. The number of carbonyl (C=O) groups excluding carboxylic acids is 2. The van der Waals surface area contributed by atoms with E-state index in [0.717, 1.165) is 49.6 Å². The molecule has 18 atom stereocenters. The summed E-state index contributed by atoms with van der Waals surface area (Å²) in [7, 11) is 0. The normalized spacial score (nSPS) is 55.8. The number of nitrogens with zero attached hydrogens (tertiary/aromatic N) is 2. The van der Waals surface area contributed by atoms with Gasteiger partial charge in [-0.25, -0.2) is 14.4 Å². The van der Waals surface area contributed by atoms with E-state index in [1.165, 1.54) is 0 Å². The van der Waals surface area contributed by atoms with Crippen molar-refractivity contribution in [2.24, 2.45) is 70.2 Å². The summed E-state index contributed by atoms with van der Waals surface area (Å²) in [5.74, 6) is 2.08. The van der Waals surface area contributed by atoms with Crippen LogP contribution in [-0.2, 0) is 43.2 Å². The van der Waals surface area contributed by atoms with Crippen molar-refractivity contribution < 1.29 is 43.2 Å². The number of hydrazine groups is 2. The predicted molar refractivity (Wildman–Crippen MR) is 143 cm³/mol. The highest BCUT2D eigenvalue weighted by Gasteiger charge is 2.73. The van der Waals surface area contributed by atoms with Crippen molar-refractivity contribution >= 4 is 18.7 Å². The molecule has 0 aromatic rings. The van der Waals surface area contributed by atoms with Crippen LogP contribution < -0.4 is 16.8 Å². The summed E-state index contributed by atoms with van der Waals surface area (Å²) in [5, 5.41) is 4.89. The van der Waals surface area contributed by atoms with Crippen LogP contribution in [0.4, 0.5) is 0 Å². The monoisotopic (exact) mass is 611 g/mol. The number of rotatable bonds is 11. The predicted octanol–water partition coefficient (Wildman–Crippen LogP) is 0.825. The van der Waals surface area contributed by atoms with Crippen LogP contribution in [-0.4, -0.2) is 66.2 Å². The van der Waals surface area contributed by atoms with E-state index in [4.69, 9.17) is 33.6 Å². The number of allylic oxidation sites excluding steroid dienone is 1. The zero-order chi connectivity index (χ0) is 29.1. The van der Waals surface area contributed by atoms with Gasteiger partial charge in [0, 0.05) is 30.4 Å². The van der Waals surface area contributed by atoms with Gasteiger partial charge in [0.2, 0.25) is 0 Å². The fraction of sp³-hybridized carbons (Fsp3) is 0.833. The first kappa shape index (κ1) is 25.8. The fourth-order valence-corrected chi connectivity index (χ4v) is 12.2. The summed E-state index contributed by atoms with van der Waals surface area (Å²) in [6, 6.07) is 0. The molecule has 7 saturated carbocycles. The van der Waals surface area contributed by atoms with Crippen LogP contribution in [0, 0.1) is 65.1 Å². The molecule has 0 radical (unpaired) electrons. The highest BCUT2D eigenvalue weighted by Crippen LogP contribution is 2.67. The Bertz CT molecular complexity index is 1370. The lowest BCUT2D eigenvalue weighted by Gasteiger charge is -2.35. The maximum absolute atomic E-state index is 13.4. The maximum Gasteiger partial charge on any atom is 0.331 e. The smallest absolute Gasteiger partial charge is 0.331 e. The first-order chi connectivity index (χ1) is 21.5. The van der Waals surface area contributed by atoms with E-state index in [9.17, 15) is 9.59 Å². The molecule has 0 spiro atoms. The van der Waals surface area contributed by atoms with Crippen LogP contribution in [0.3, 0.4) is 0 Å². The van der Waals surface area contributed by atoms with Crippen molar-refractivity contribution in [3.63, 3.8) is 0 Å². The molecule has 3 saturated heterocycles. The average Bonchev–Trinajstić information content (AvgIpc) is 3.76. The molecule has 14 nitrogen and oxygen atoms in total. The summed E-state index contributed by atoms with van der Waals surface area (Å²) in [4.78, 5) is 50.0. The molecule has 10 fully saturated rings. The van der Waals surface area contributed by atoms with Crippen molar-refractivity contribution in [2.75, 3.05) is 0 Å². The number of hydrogen-bond acceptors (Lipinski definition) is 14. The summed E-state index contributed by atoms with van der Waals surface area (Å²) < 4.78 is 17.3. The Morgan fingerprint density at radius 2 is 1.80 bits per heavy atom. The minimum absolute atomic E-state index is 0.0188. The average molecular weight is 612 g/mol. The van der Waals surface area contributed by atoms with Gasteiger partial charge in [0.05, 0.1) is 48.0 Å². The SMILES string of the molecule is C=NN(NOC(=O)C1C2CC(C3OC23)C1C(=O)ONNOC12CCC(C1)C1CC3OC3C12)OC1CC2CC1C1C3OC3=CC21. The number of carbonyl (C=O) groups is 2. The first-order valence-electron chi connectivity index (χ1n) is 16.5. The summed E-state index contributed by atoms with van der Waals surface area (Å²) in [6.45, 7) is 3.57. The van der Waals surface area contributed by atoms with Gasteiger partial charge in [-0.05, 0) is 86.2 Å². The molecule has 0 aromatic carbocycles. The van der Waals surface area contributed by atoms with Crippen molar-refractivity contribution in [2.45, 2.75) is 87.2 Å². The molecule has 6 bridgehead atoms. The molecule has 44 heavy (non-hydrogen) atoms. The molecule has 3 N–H and O–H groups in total. The van der Waals surface area contributed by atoms with Gasteiger partial charge in [0.25, 0.3) is 0 Å². The van der Waals surface area contributed by atoms with Crippen LogP contribution in [0.5, 0.6) is 0 Å². The van der Waals surface area contributed by atoms with E-state index in [-0.39, 0.29) is 41.9 Å². The Morgan fingerprint density at radius 3 is 2.64 bits per heavy atom. The van der Waals surface area contributed by atoms with E-state index in [1.54, 1.807) is 0 Å². The van der Waals surface area contributed by atoms with Crippen LogP contribution >= 0.6 is 0 Å². The quantitative estimate of drug-likeness (QED) is 0.131. The number of hydrogen-bond donors (Lipinski definition) is 3. The van der Waals surface area contributed by atoms with Crippen LogP contribution in [0.1, 0.15) is 44.9 Å². The summed E-state index contributed by atoms with van der Waals surface area (Å²) in [6.07, 6.45) is 10.1. The Morgan fingerprint density at radius 1 is 0.955 bits per heavy atom. The Balaban J connectivity index is 0.706. The van der Waals surface area contributed by atoms with Gasteiger partial charge in [0.15, 0.2) is 6.10 Å². The highest BCUT2D eigenvalue weighted by molar-refractivity contribution is 5.84. The number of ether oxygens (including phenoxy) is 3.